The van der Waals surface area contributed by atoms with Gasteiger partial charge in [0.1, 0.15) is 17.7 Å². The summed E-state index contributed by atoms with van der Waals surface area (Å²) in [5.41, 5.74) is 6.55. The Hall–Kier alpha value is -1.57. The fourth-order valence-corrected chi connectivity index (χ4v) is 3.20. The molecule has 1 amide bonds. The van der Waals surface area contributed by atoms with Gasteiger partial charge in [-0.25, -0.2) is 15.0 Å². The molecule has 2 unspecified atom stereocenters. The summed E-state index contributed by atoms with van der Waals surface area (Å²) in [6.45, 7) is 0. The van der Waals surface area contributed by atoms with E-state index in [2.05, 4.69) is 20.3 Å². The first-order chi connectivity index (χ1) is 11.5. The Labute approximate surface area is 149 Å². The Kier molecular flexibility index (Phi) is 3.82. The summed E-state index contributed by atoms with van der Waals surface area (Å²) >= 11 is 1.91. The van der Waals surface area contributed by atoms with Gasteiger partial charge in [0.15, 0.2) is 27.6 Å². The number of anilines is 1. The largest absolute Gasteiger partial charge is 0.387 e. The van der Waals surface area contributed by atoms with Gasteiger partial charge in [-0.1, -0.05) is 0 Å². The highest BCUT2D eigenvalue weighted by Gasteiger charge is 2.48. The molecule has 2 fully saturated rings. The van der Waals surface area contributed by atoms with E-state index in [9.17, 15) is 15.0 Å². The topological polar surface area (TPSA) is 148 Å². The number of nitrogens with one attached hydrogen (secondary N) is 1. The van der Waals surface area contributed by atoms with Crippen molar-refractivity contribution in [1.82, 2.24) is 24.8 Å². The molecule has 0 radical (unpaired) electrons. The minimum Gasteiger partial charge on any atom is -0.387 e. The van der Waals surface area contributed by atoms with Crippen LogP contribution in [0.5, 0.6) is 0 Å². The number of hydrogen-bond acceptors (Lipinski definition) is 8. The molecule has 0 spiro atoms. The molecule has 1 saturated carbocycles. The number of aliphatic hydroxyl groups excluding tert-OH is 2. The van der Waals surface area contributed by atoms with E-state index in [0.717, 1.165) is 12.8 Å². The van der Waals surface area contributed by atoms with Gasteiger partial charge in [0.2, 0.25) is 0 Å². The molecule has 5 N–H and O–H groups in total. The first-order valence-corrected chi connectivity index (χ1v) is 8.51. The Morgan fingerprint density at radius 3 is 2.83 bits per heavy atom. The van der Waals surface area contributed by atoms with E-state index in [1.807, 2.05) is 22.6 Å². The number of rotatable bonds is 3. The zero-order valence-corrected chi connectivity index (χ0v) is 14.5. The van der Waals surface area contributed by atoms with E-state index < -0.39 is 30.4 Å². The summed E-state index contributed by atoms with van der Waals surface area (Å²) in [5.74, 6) is -0.223. The molecule has 0 aromatic carbocycles. The number of aromatic nitrogens is 4. The second-order valence-electron chi connectivity index (χ2n) is 5.91. The number of halogens is 1. The zero-order valence-electron chi connectivity index (χ0n) is 12.3. The van der Waals surface area contributed by atoms with Crippen molar-refractivity contribution in [3.63, 3.8) is 0 Å². The summed E-state index contributed by atoms with van der Waals surface area (Å²) in [7, 11) is 0. The summed E-state index contributed by atoms with van der Waals surface area (Å²) < 4.78 is 7.48. The van der Waals surface area contributed by atoms with Gasteiger partial charge in [-0.3, -0.25) is 9.36 Å². The fourth-order valence-electron chi connectivity index (χ4n) is 2.71. The smallest absolute Gasteiger partial charge is 0.252 e. The van der Waals surface area contributed by atoms with E-state index in [1.54, 1.807) is 0 Å². The van der Waals surface area contributed by atoms with Crippen LogP contribution in [-0.4, -0.2) is 60.0 Å². The lowest BCUT2D eigenvalue weighted by Gasteiger charge is -2.16. The Balaban J connectivity index is 1.65. The lowest BCUT2D eigenvalue weighted by molar-refractivity contribution is -0.137. The minimum absolute atomic E-state index is 0.132. The summed E-state index contributed by atoms with van der Waals surface area (Å²) in [6.07, 6.45) is -1.56. The maximum absolute atomic E-state index is 12.2. The van der Waals surface area contributed by atoms with E-state index >= 15 is 0 Å². The molecule has 1 aliphatic carbocycles. The number of carbonyl (C=O) groups is 1. The van der Waals surface area contributed by atoms with Crippen LogP contribution < -0.4 is 11.1 Å². The van der Waals surface area contributed by atoms with Crippen molar-refractivity contribution in [2.24, 2.45) is 0 Å². The normalized spacial score (nSPS) is 30.0. The second kappa shape index (κ2) is 5.75. The first kappa shape index (κ1) is 15.9. The molecular formula is C13H15IN6O4. The number of aliphatic hydroxyl groups is 2. The molecule has 4 rings (SSSR count). The van der Waals surface area contributed by atoms with Crippen molar-refractivity contribution in [2.45, 2.75) is 43.4 Å². The molecule has 0 bridgehead atoms. The van der Waals surface area contributed by atoms with Crippen LogP contribution in [0.3, 0.4) is 0 Å². The number of fused-ring (bicyclic) bond motifs is 1. The molecule has 128 valence electrons. The van der Waals surface area contributed by atoms with E-state index in [0.29, 0.717) is 15.0 Å². The molecule has 3 heterocycles. The minimum atomic E-state index is -1.34. The van der Waals surface area contributed by atoms with E-state index in [1.165, 1.54) is 10.9 Å². The van der Waals surface area contributed by atoms with E-state index in [4.69, 9.17) is 10.5 Å². The van der Waals surface area contributed by atoms with Crippen molar-refractivity contribution in [3.8, 4) is 0 Å². The van der Waals surface area contributed by atoms with Crippen molar-refractivity contribution in [2.75, 3.05) is 5.73 Å². The van der Waals surface area contributed by atoms with Crippen molar-refractivity contribution in [3.05, 3.63) is 10.2 Å². The van der Waals surface area contributed by atoms with Crippen LogP contribution in [0, 0.1) is 3.83 Å². The molecule has 2 aliphatic rings. The zero-order chi connectivity index (χ0) is 17.0. The van der Waals surface area contributed by atoms with Gasteiger partial charge in [-0.2, -0.15) is 0 Å². The lowest BCUT2D eigenvalue weighted by atomic mass is 10.1. The average molecular weight is 446 g/mol. The quantitative estimate of drug-likeness (QED) is 0.344. The highest BCUT2D eigenvalue weighted by molar-refractivity contribution is 14.1. The molecule has 24 heavy (non-hydrogen) atoms. The molecule has 1 saturated heterocycles. The number of nitrogens with zero attached hydrogens (tertiary/aromatic N) is 4. The maximum atomic E-state index is 12.2. The maximum Gasteiger partial charge on any atom is 0.252 e. The summed E-state index contributed by atoms with van der Waals surface area (Å²) in [5, 5.41) is 23.3. The van der Waals surface area contributed by atoms with E-state index in [-0.39, 0.29) is 11.9 Å². The Morgan fingerprint density at radius 2 is 2.12 bits per heavy atom. The number of carbonyl (C=O) groups excluding carboxylic acids is 1. The molecule has 1 aliphatic heterocycles. The van der Waals surface area contributed by atoms with Crippen LogP contribution in [0.2, 0.25) is 0 Å². The van der Waals surface area contributed by atoms with Gasteiger partial charge in [-0.15, -0.1) is 0 Å². The molecule has 2 aromatic rings. The molecule has 11 heteroatoms. The van der Waals surface area contributed by atoms with Crippen LogP contribution in [0.4, 0.5) is 5.82 Å². The molecule has 2 aromatic heterocycles. The van der Waals surface area contributed by atoms with Crippen molar-refractivity contribution < 1.29 is 19.7 Å². The number of nitrogen functional groups attached to an aromatic ring is 1. The number of ether oxygens (including phenoxy) is 1. The molecular weight excluding hydrogens is 431 g/mol. The average Bonchev–Trinajstić information content (AvgIpc) is 3.16. The predicted octanol–water partition coefficient (Wildman–Crippen LogP) is -1.09. The Bertz CT molecular complexity index is 809. The number of imidazole rings is 1. The summed E-state index contributed by atoms with van der Waals surface area (Å²) in [4.78, 5) is 24.6. The molecule has 4 atom stereocenters. The fraction of sp³-hybridized carbons (Fsp3) is 0.538. The number of hydrogen-bond donors (Lipinski definition) is 4. The lowest BCUT2D eigenvalue weighted by Crippen LogP contribution is -2.43. The van der Waals surface area contributed by atoms with Crippen LogP contribution in [-0.2, 0) is 9.53 Å². The summed E-state index contributed by atoms with van der Waals surface area (Å²) in [6, 6.07) is 0.132. The van der Waals surface area contributed by atoms with Gasteiger partial charge >= 0.3 is 0 Å². The van der Waals surface area contributed by atoms with Gasteiger partial charge in [0.05, 0.1) is 6.33 Å². The third-order valence-corrected chi connectivity index (χ3v) is 4.60. The molecule has 10 nitrogen and oxygen atoms in total. The predicted molar refractivity (Wildman–Crippen MR) is 89.5 cm³/mol. The van der Waals surface area contributed by atoms with Gasteiger partial charge in [0, 0.05) is 28.6 Å². The van der Waals surface area contributed by atoms with Crippen LogP contribution in [0.1, 0.15) is 19.1 Å². The van der Waals surface area contributed by atoms with Gasteiger partial charge < -0.3 is 26.0 Å². The highest BCUT2D eigenvalue weighted by atomic mass is 127. The SMILES string of the molecule is Nc1nc(I)nc2c1ncn2[C@@H]1O[C@H](C(=O)NC2CC2)C(O)C1O. The van der Waals surface area contributed by atoms with Gasteiger partial charge in [0.25, 0.3) is 5.91 Å². The van der Waals surface area contributed by atoms with Crippen molar-refractivity contribution in [1.29, 1.82) is 0 Å². The monoisotopic (exact) mass is 446 g/mol. The van der Waals surface area contributed by atoms with Crippen LogP contribution >= 0.6 is 22.6 Å². The van der Waals surface area contributed by atoms with Crippen molar-refractivity contribution >= 4 is 45.5 Å². The third-order valence-electron chi connectivity index (χ3n) is 4.12. The van der Waals surface area contributed by atoms with Crippen LogP contribution in [0.25, 0.3) is 11.2 Å². The highest BCUT2D eigenvalue weighted by Crippen LogP contribution is 2.33. The first-order valence-electron chi connectivity index (χ1n) is 7.43. The van der Waals surface area contributed by atoms with Gasteiger partial charge in [-0.05, 0) is 12.8 Å². The Morgan fingerprint density at radius 1 is 1.38 bits per heavy atom. The number of amides is 1. The standard InChI is InChI=1S/C13H15IN6O4/c14-13-18-9(15)5-10(19-13)20(3-16-5)12-7(22)6(21)8(24-12)11(23)17-4-1-2-4/h3-4,6-8,12,21-22H,1-2H2,(H,17,23)(H2,15,18,19)/t6?,7?,8-,12+/m0/s1. The van der Waals surface area contributed by atoms with Crippen LogP contribution in [0.15, 0.2) is 6.33 Å². The second-order valence-corrected chi connectivity index (χ2v) is 6.88. The third kappa shape index (κ3) is 2.60. The number of nitrogens with two attached hydrogens (primary N) is 1.